The van der Waals surface area contributed by atoms with E-state index in [2.05, 4.69) is 45.0 Å². The van der Waals surface area contributed by atoms with E-state index in [4.69, 9.17) is 4.98 Å². The van der Waals surface area contributed by atoms with Crippen LogP contribution in [0.25, 0.3) is 0 Å². The van der Waals surface area contributed by atoms with E-state index in [-0.39, 0.29) is 5.54 Å². The van der Waals surface area contributed by atoms with Crippen LogP contribution in [0.1, 0.15) is 49.2 Å². The summed E-state index contributed by atoms with van der Waals surface area (Å²) in [6, 6.07) is 0. The third-order valence-electron chi connectivity index (χ3n) is 4.45. The van der Waals surface area contributed by atoms with Crippen molar-refractivity contribution >= 4 is 11.3 Å². The van der Waals surface area contributed by atoms with Crippen LogP contribution in [-0.2, 0) is 12.0 Å². The van der Waals surface area contributed by atoms with Crippen molar-refractivity contribution < 1.29 is 0 Å². The molecule has 1 saturated heterocycles. The van der Waals surface area contributed by atoms with Crippen LogP contribution in [0.15, 0.2) is 0 Å². The van der Waals surface area contributed by atoms with E-state index in [1.807, 2.05) is 11.3 Å². The molecule has 0 aliphatic carbocycles. The molecule has 1 fully saturated rings. The second-order valence-electron chi connectivity index (χ2n) is 6.40. The number of thiazole rings is 1. The lowest BCUT2D eigenvalue weighted by Crippen LogP contribution is -2.50. The van der Waals surface area contributed by atoms with Crippen molar-refractivity contribution in [1.82, 2.24) is 15.2 Å². The van der Waals surface area contributed by atoms with Gasteiger partial charge in [-0.15, -0.1) is 11.3 Å². The highest BCUT2D eigenvalue weighted by Gasteiger charge is 2.37. The molecule has 0 amide bonds. The fourth-order valence-corrected chi connectivity index (χ4v) is 4.42. The van der Waals surface area contributed by atoms with Crippen LogP contribution in [0, 0.1) is 12.8 Å². The third-order valence-corrected chi connectivity index (χ3v) is 5.67. The Morgan fingerprint density at radius 3 is 2.45 bits per heavy atom. The predicted octanol–water partition coefficient (Wildman–Crippen LogP) is 3.18. The number of aromatic nitrogens is 1. The van der Waals surface area contributed by atoms with Gasteiger partial charge < -0.3 is 10.2 Å². The van der Waals surface area contributed by atoms with Crippen LogP contribution in [0.5, 0.6) is 0 Å². The first-order valence-corrected chi connectivity index (χ1v) is 8.70. The van der Waals surface area contributed by atoms with Crippen molar-refractivity contribution in [3.8, 4) is 0 Å². The highest BCUT2D eigenvalue weighted by molar-refractivity contribution is 7.11. The van der Waals surface area contributed by atoms with E-state index < -0.39 is 0 Å². The third kappa shape index (κ3) is 3.23. The number of likely N-dealkylation sites (tertiary alicyclic amines) is 1. The molecule has 2 rings (SSSR count). The maximum atomic E-state index is 4.92. The van der Waals surface area contributed by atoms with E-state index in [0.29, 0.717) is 0 Å². The number of hydrogen-bond acceptors (Lipinski definition) is 4. The van der Waals surface area contributed by atoms with Gasteiger partial charge in [0.2, 0.25) is 0 Å². The maximum absolute atomic E-state index is 4.92. The molecule has 20 heavy (non-hydrogen) atoms. The molecule has 0 unspecified atom stereocenters. The van der Waals surface area contributed by atoms with Gasteiger partial charge in [0.1, 0.15) is 5.01 Å². The van der Waals surface area contributed by atoms with E-state index in [9.17, 15) is 0 Å². The lowest BCUT2D eigenvalue weighted by molar-refractivity contribution is 0.129. The molecule has 114 valence electrons. The molecule has 1 aliphatic heterocycles. The first kappa shape index (κ1) is 15.9. The van der Waals surface area contributed by atoms with Gasteiger partial charge >= 0.3 is 0 Å². The fourth-order valence-electron chi connectivity index (χ4n) is 3.17. The Labute approximate surface area is 127 Å². The normalized spacial score (nSPS) is 19.7. The molecule has 4 heteroatoms. The Hall–Kier alpha value is -0.450. The Bertz CT molecular complexity index is 431. The molecule has 0 saturated carbocycles. The summed E-state index contributed by atoms with van der Waals surface area (Å²) in [7, 11) is 2.10. The summed E-state index contributed by atoms with van der Waals surface area (Å²) in [5.41, 5.74) is 1.39. The van der Waals surface area contributed by atoms with Gasteiger partial charge in [0.05, 0.1) is 11.2 Å². The van der Waals surface area contributed by atoms with Gasteiger partial charge in [0.15, 0.2) is 0 Å². The molecule has 0 radical (unpaired) electrons. The molecule has 0 atom stereocenters. The molecule has 1 aromatic heterocycles. The van der Waals surface area contributed by atoms with Crippen LogP contribution in [0.2, 0.25) is 0 Å². The number of hydrogen-bond donors (Lipinski definition) is 1. The van der Waals surface area contributed by atoms with E-state index in [1.54, 1.807) is 0 Å². The van der Waals surface area contributed by atoms with Gasteiger partial charge in [-0.25, -0.2) is 4.98 Å². The summed E-state index contributed by atoms with van der Waals surface area (Å²) in [6.07, 6.45) is 3.39. The molecule has 0 spiro atoms. The van der Waals surface area contributed by atoms with E-state index >= 15 is 0 Å². The summed E-state index contributed by atoms with van der Waals surface area (Å²) >= 11 is 1.89. The van der Waals surface area contributed by atoms with Crippen LogP contribution >= 0.6 is 11.3 Å². The van der Waals surface area contributed by atoms with Gasteiger partial charge in [-0.2, -0.15) is 0 Å². The molecule has 1 N–H and O–H groups in total. The molecule has 0 aromatic carbocycles. The minimum atomic E-state index is 0.107. The van der Waals surface area contributed by atoms with Crippen molar-refractivity contribution in [3.63, 3.8) is 0 Å². The topological polar surface area (TPSA) is 28.2 Å². The van der Waals surface area contributed by atoms with E-state index in [1.165, 1.54) is 48.1 Å². The molecular weight excluding hydrogens is 266 g/mol. The highest BCUT2D eigenvalue weighted by Crippen LogP contribution is 2.36. The molecule has 2 heterocycles. The largest absolute Gasteiger partial charge is 0.308 e. The summed E-state index contributed by atoms with van der Waals surface area (Å²) < 4.78 is 0. The van der Waals surface area contributed by atoms with Crippen molar-refractivity contribution in [2.75, 3.05) is 26.7 Å². The summed E-state index contributed by atoms with van der Waals surface area (Å²) in [5, 5.41) is 4.90. The van der Waals surface area contributed by atoms with Gasteiger partial charge in [-0.1, -0.05) is 20.8 Å². The number of nitrogens with zero attached hydrogens (tertiary/aromatic N) is 2. The second kappa shape index (κ2) is 6.54. The van der Waals surface area contributed by atoms with Crippen LogP contribution in [-0.4, -0.2) is 36.6 Å². The van der Waals surface area contributed by atoms with Gasteiger partial charge in [0, 0.05) is 24.5 Å². The Morgan fingerprint density at radius 1 is 1.35 bits per heavy atom. The fraction of sp³-hybridized carbons (Fsp3) is 0.812. The minimum absolute atomic E-state index is 0.107. The summed E-state index contributed by atoms with van der Waals surface area (Å²) in [6.45, 7) is 12.6. The van der Waals surface area contributed by atoms with Gasteiger partial charge in [0.25, 0.3) is 0 Å². The van der Waals surface area contributed by atoms with Gasteiger partial charge in [-0.3, -0.25) is 0 Å². The lowest BCUT2D eigenvalue weighted by Gasteiger charge is -2.41. The quantitative estimate of drug-likeness (QED) is 0.904. The molecular formula is C16H29N3S. The average Bonchev–Trinajstić information content (AvgIpc) is 2.81. The van der Waals surface area contributed by atoms with E-state index in [0.717, 1.165) is 12.3 Å². The Kier molecular flexibility index (Phi) is 5.21. The standard InChI is InChI=1S/C16H29N3S/c1-6-14-13(4)20-15(18-14)16(17-5)7-9-19(10-8-16)11-12(2)3/h12,17H,6-11H2,1-5H3. The zero-order valence-corrected chi connectivity index (χ0v) is 14.4. The average molecular weight is 295 g/mol. The summed E-state index contributed by atoms with van der Waals surface area (Å²) in [4.78, 5) is 8.91. The summed E-state index contributed by atoms with van der Waals surface area (Å²) in [5.74, 6) is 0.755. The lowest BCUT2D eigenvalue weighted by atomic mass is 9.88. The number of aryl methyl sites for hydroxylation is 2. The first-order valence-electron chi connectivity index (χ1n) is 7.88. The molecule has 0 bridgehead atoms. The van der Waals surface area contributed by atoms with Crippen molar-refractivity contribution in [3.05, 3.63) is 15.6 Å². The Balaban J connectivity index is 2.11. The molecule has 3 nitrogen and oxygen atoms in total. The van der Waals surface area contributed by atoms with Crippen LogP contribution in [0.4, 0.5) is 0 Å². The second-order valence-corrected chi connectivity index (χ2v) is 7.61. The zero-order chi connectivity index (χ0) is 14.8. The minimum Gasteiger partial charge on any atom is -0.308 e. The zero-order valence-electron chi connectivity index (χ0n) is 13.6. The van der Waals surface area contributed by atoms with Gasteiger partial charge in [-0.05, 0) is 39.2 Å². The predicted molar refractivity (Wildman–Crippen MR) is 87.5 cm³/mol. The molecule has 1 aliphatic rings. The maximum Gasteiger partial charge on any atom is 0.113 e. The first-order chi connectivity index (χ1) is 9.50. The highest BCUT2D eigenvalue weighted by atomic mass is 32.1. The smallest absolute Gasteiger partial charge is 0.113 e. The monoisotopic (exact) mass is 295 g/mol. The van der Waals surface area contributed by atoms with Crippen LogP contribution < -0.4 is 5.32 Å². The van der Waals surface area contributed by atoms with Crippen molar-refractivity contribution in [2.24, 2.45) is 5.92 Å². The van der Waals surface area contributed by atoms with Crippen molar-refractivity contribution in [2.45, 2.75) is 52.5 Å². The molecule has 1 aromatic rings. The van der Waals surface area contributed by atoms with Crippen molar-refractivity contribution in [1.29, 1.82) is 0 Å². The number of piperidine rings is 1. The number of nitrogens with one attached hydrogen (secondary N) is 1. The Morgan fingerprint density at radius 2 is 2.00 bits per heavy atom. The number of rotatable bonds is 5. The SMILES string of the molecule is CCc1nc(C2(NC)CCN(CC(C)C)CC2)sc1C. The van der Waals surface area contributed by atoms with Crippen LogP contribution in [0.3, 0.4) is 0 Å².